The van der Waals surface area contributed by atoms with Gasteiger partial charge in [-0.2, -0.15) is 0 Å². The Morgan fingerprint density at radius 2 is 1.90 bits per heavy atom. The lowest BCUT2D eigenvalue weighted by atomic mass is 9.97. The van der Waals surface area contributed by atoms with Gasteiger partial charge < -0.3 is 5.32 Å². The van der Waals surface area contributed by atoms with Gasteiger partial charge in [0.1, 0.15) is 0 Å². The van der Waals surface area contributed by atoms with Crippen LogP contribution in [0.1, 0.15) is 48.0 Å². The van der Waals surface area contributed by atoms with Crippen LogP contribution in [-0.4, -0.2) is 45.4 Å². The number of carbonyl (C=O) groups is 1. The molecule has 1 aromatic carbocycles. The van der Waals surface area contributed by atoms with Crippen LogP contribution in [0.25, 0.3) is 0 Å². The Kier molecular flexibility index (Phi) is 7.45. The Hall–Kier alpha value is -1.74. The molecule has 1 atom stereocenters. The van der Waals surface area contributed by atoms with Crippen molar-refractivity contribution in [3.8, 4) is 0 Å². The highest BCUT2D eigenvalue weighted by Gasteiger charge is 2.26. The summed E-state index contributed by atoms with van der Waals surface area (Å²) in [6.45, 7) is 6.95. The molecule has 0 spiro atoms. The van der Waals surface area contributed by atoms with Crippen LogP contribution >= 0.6 is 11.3 Å². The minimum absolute atomic E-state index is 0.162. The summed E-state index contributed by atoms with van der Waals surface area (Å²) in [4.78, 5) is 16.5. The Morgan fingerprint density at radius 1 is 1.21 bits per heavy atom. The van der Waals surface area contributed by atoms with E-state index in [9.17, 15) is 13.2 Å². The minimum atomic E-state index is -3.51. The summed E-state index contributed by atoms with van der Waals surface area (Å²) in [7, 11) is -3.51. The predicted molar refractivity (Wildman–Crippen MR) is 117 cm³/mol. The Labute approximate surface area is 177 Å². The van der Waals surface area contributed by atoms with Gasteiger partial charge in [0.05, 0.1) is 10.9 Å². The number of carbonyl (C=O) groups excluding carboxylic acids is 1. The van der Waals surface area contributed by atoms with Crippen LogP contribution in [-0.2, 0) is 10.0 Å². The highest BCUT2D eigenvalue weighted by molar-refractivity contribution is 7.89. The fourth-order valence-corrected chi connectivity index (χ4v) is 5.48. The van der Waals surface area contributed by atoms with E-state index in [4.69, 9.17) is 0 Å². The van der Waals surface area contributed by atoms with Crippen molar-refractivity contribution in [2.45, 2.75) is 37.6 Å². The zero-order valence-electron chi connectivity index (χ0n) is 16.9. The molecule has 2 N–H and O–H groups in total. The van der Waals surface area contributed by atoms with Crippen LogP contribution in [0.2, 0.25) is 0 Å². The van der Waals surface area contributed by atoms with E-state index in [1.807, 2.05) is 6.07 Å². The third kappa shape index (κ3) is 5.66. The van der Waals surface area contributed by atoms with Crippen LogP contribution < -0.4 is 10.0 Å². The Morgan fingerprint density at radius 3 is 2.48 bits per heavy atom. The van der Waals surface area contributed by atoms with Gasteiger partial charge in [0.25, 0.3) is 5.91 Å². The van der Waals surface area contributed by atoms with E-state index in [0.29, 0.717) is 18.7 Å². The fraction of sp³-hybridized carbons (Fsp3) is 0.476. The minimum Gasteiger partial charge on any atom is -0.350 e. The van der Waals surface area contributed by atoms with Crippen LogP contribution in [0.4, 0.5) is 0 Å². The first-order valence-corrected chi connectivity index (χ1v) is 12.4. The van der Waals surface area contributed by atoms with Crippen molar-refractivity contribution in [1.29, 1.82) is 0 Å². The number of amides is 1. The molecule has 1 aromatic heterocycles. The molecule has 2 heterocycles. The third-order valence-corrected chi connectivity index (χ3v) is 7.88. The first kappa shape index (κ1) is 22.0. The average molecular weight is 436 g/mol. The van der Waals surface area contributed by atoms with Crippen molar-refractivity contribution in [3.63, 3.8) is 0 Å². The van der Waals surface area contributed by atoms with Crippen molar-refractivity contribution in [1.82, 2.24) is 14.9 Å². The maximum absolute atomic E-state index is 12.6. The van der Waals surface area contributed by atoms with E-state index in [2.05, 4.69) is 33.3 Å². The quantitative estimate of drug-likeness (QED) is 0.667. The molecule has 158 valence electrons. The van der Waals surface area contributed by atoms with Gasteiger partial charge >= 0.3 is 0 Å². The smallest absolute Gasteiger partial charge is 0.251 e. The molecule has 29 heavy (non-hydrogen) atoms. The Bertz CT molecular complexity index is 888. The second kappa shape index (κ2) is 9.84. The summed E-state index contributed by atoms with van der Waals surface area (Å²) in [5.74, 6) is 0.561. The van der Waals surface area contributed by atoms with Crippen LogP contribution in [0.3, 0.4) is 0 Å². The average Bonchev–Trinajstić information content (AvgIpc) is 3.24. The van der Waals surface area contributed by atoms with Gasteiger partial charge in [0, 0.05) is 23.5 Å². The first-order valence-electron chi connectivity index (χ1n) is 10.1. The summed E-state index contributed by atoms with van der Waals surface area (Å²) in [6.07, 6.45) is 2.36. The number of sulfonamides is 1. The highest BCUT2D eigenvalue weighted by Crippen LogP contribution is 2.29. The summed E-state index contributed by atoms with van der Waals surface area (Å²) in [5, 5.41) is 5.11. The highest BCUT2D eigenvalue weighted by atomic mass is 32.2. The molecule has 2 aromatic rings. The molecule has 0 bridgehead atoms. The number of hydrogen-bond acceptors (Lipinski definition) is 5. The van der Waals surface area contributed by atoms with Crippen molar-refractivity contribution < 1.29 is 13.2 Å². The van der Waals surface area contributed by atoms with Gasteiger partial charge in [-0.25, -0.2) is 13.1 Å². The zero-order chi connectivity index (χ0) is 20.9. The lowest BCUT2D eigenvalue weighted by molar-refractivity contribution is 0.0915. The topological polar surface area (TPSA) is 78.5 Å². The second-order valence-corrected chi connectivity index (χ2v) is 10.2. The second-order valence-electron chi connectivity index (χ2n) is 7.49. The van der Waals surface area contributed by atoms with Gasteiger partial charge in [-0.3, -0.25) is 9.69 Å². The van der Waals surface area contributed by atoms with E-state index < -0.39 is 10.0 Å². The maximum Gasteiger partial charge on any atom is 0.251 e. The van der Waals surface area contributed by atoms with E-state index >= 15 is 0 Å². The standard InChI is InChI=1S/C21H29N3O3S2/c1-3-23-29(26,27)18-8-6-17(7-9-18)21(25)22-15-19(20-5-4-14-28-20)24-12-10-16(2)11-13-24/h4-9,14,16,19,23H,3,10-13,15H2,1-2H3,(H,22,25). The summed E-state index contributed by atoms with van der Waals surface area (Å²) in [5.41, 5.74) is 0.456. The number of nitrogens with zero attached hydrogens (tertiary/aromatic N) is 1. The number of thiophene rings is 1. The van der Waals surface area contributed by atoms with Gasteiger partial charge in [0.2, 0.25) is 10.0 Å². The Balaban J connectivity index is 1.65. The van der Waals surface area contributed by atoms with Gasteiger partial charge in [0.15, 0.2) is 0 Å². The number of likely N-dealkylation sites (tertiary alicyclic amines) is 1. The number of rotatable bonds is 8. The molecule has 3 rings (SSSR count). The molecule has 1 unspecified atom stereocenters. The molecule has 1 aliphatic rings. The first-order chi connectivity index (χ1) is 13.9. The van der Waals surface area contributed by atoms with Crippen LogP contribution in [0.5, 0.6) is 0 Å². The maximum atomic E-state index is 12.6. The molecule has 1 fully saturated rings. The predicted octanol–water partition coefficient (Wildman–Crippen LogP) is 3.25. The monoisotopic (exact) mass is 435 g/mol. The molecule has 1 aliphatic heterocycles. The molecule has 8 heteroatoms. The van der Waals surface area contributed by atoms with E-state index in [-0.39, 0.29) is 16.8 Å². The van der Waals surface area contributed by atoms with E-state index in [1.54, 1.807) is 30.4 Å². The molecule has 0 radical (unpaired) electrons. The molecule has 0 aliphatic carbocycles. The van der Waals surface area contributed by atoms with Crippen LogP contribution in [0, 0.1) is 5.92 Å². The molecule has 6 nitrogen and oxygen atoms in total. The normalized spacial score (nSPS) is 17.2. The molecule has 1 amide bonds. The molecular weight excluding hydrogens is 406 g/mol. The van der Waals surface area contributed by atoms with Gasteiger partial charge in [-0.05, 0) is 67.6 Å². The lowest BCUT2D eigenvalue weighted by Crippen LogP contribution is -2.41. The van der Waals surface area contributed by atoms with Crippen molar-refractivity contribution in [2.75, 3.05) is 26.2 Å². The summed E-state index contributed by atoms with van der Waals surface area (Å²) >= 11 is 1.72. The fourth-order valence-electron chi connectivity index (χ4n) is 3.58. The number of nitrogens with one attached hydrogen (secondary N) is 2. The molecule has 0 saturated carbocycles. The summed E-state index contributed by atoms with van der Waals surface area (Å²) < 4.78 is 26.5. The zero-order valence-corrected chi connectivity index (χ0v) is 18.6. The third-order valence-electron chi connectivity index (χ3n) is 5.35. The van der Waals surface area contributed by atoms with Crippen molar-refractivity contribution in [3.05, 3.63) is 52.2 Å². The number of benzene rings is 1. The van der Waals surface area contributed by atoms with Crippen LogP contribution in [0.15, 0.2) is 46.7 Å². The van der Waals surface area contributed by atoms with Gasteiger partial charge in [-0.15, -0.1) is 11.3 Å². The number of hydrogen-bond donors (Lipinski definition) is 2. The molecule has 1 saturated heterocycles. The summed E-state index contributed by atoms with van der Waals surface area (Å²) in [6, 6.07) is 10.4. The van der Waals surface area contributed by atoms with Crippen molar-refractivity contribution >= 4 is 27.3 Å². The van der Waals surface area contributed by atoms with Gasteiger partial charge in [-0.1, -0.05) is 19.9 Å². The lowest BCUT2D eigenvalue weighted by Gasteiger charge is -2.36. The largest absolute Gasteiger partial charge is 0.350 e. The van der Waals surface area contributed by atoms with E-state index in [1.165, 1.54) is 29.9 Å². The SMILES string of the molecule is CCNS(=O)(=O)c1ccc(C(=O)NCC(c2cccs2)N2CCC(C)CC2)cc1. The number of piperidine rings is 1. The van der Waals surface area contributed by atoms with E-state index in [0.717, 1.165) is 19.0 Å². The molecular formula is C21H29N3O3S2. The van der Waals surface area contributed by atoms with Crippen molar-refractivity contribution in [2.24, 2.45) is 5.92 Å².